The van der Waals surface area contributed by atoms with Crippen molar-refractivity contribution in [3.8, 4) is 11.1 Å². The molecule has 0 radical (unpaired) electrons. The fraction of sp³-hybridized carbons (Fsp3) is 0. The number of rotatable bonds is 2. The summed E-state index contributed by atoms with van der Waals surface area (Å²) in [5.74, 6) is 0.920. The first kappa shape index (κ1) is 23.0. The first-order chi connectivity index (χ1) is 15.9. The van der Waals surface area contributed by atoms with Crippen LogP contribution < -0.4 is 4.90 Å². The van der Waals surface area contributed by atoms with Crippen LogP contribution in [0.25, 0.3) is 11.1 Å². The van der Waals surface area contributed by atoms with Gasteiger partial charge in [-0.2, -0.15) is 84.6 Å². The molecule has 1 aromatic heterocycles. The minimum atomic E-state index is 0. The van der Waals surface area contributed by atoms with E-state index in [1.807, 2.05) is 85.1 Å². The smallest absolute Gasteiger partial charge is 0.317 e. The van der Waals surface area contributed by atoms with Gasteiger partial charge < -0.3 is 4.90 Å². The summed E-state index contributed by atoms with van der Waals surface area (Å²) < 4.78 is 0. The van der Waals surface area contributed by atoms with Crippen molar-refractivity contribution >= 4 is 29.0 Å². The van der Waals surface area contributed by atoms with Crippen molar-refractivity contribution in [3.63, 3.8) is 0 Å². The molecule has 0 aliphatic carbocycles. The Bertz CT molecular complexity index is 1210. The van der Waals surface area contributed by atoms with E-state index in [4.69, 9.17) is 0 Å². The van der Waals surface area contributed by atoms with Gasteiger partial charge in [0.25, 0.3) is 0 Å². The van der Waals surface area contributed by atoms with Crippen LogP contribution >= 0.6 is 11.8 Å². The van der Waals surface area contributed by atoms with E-state index >= 15 is 0 Å². The molecule has 6 rings (SSSR count). The number of anilines is 3. The third-order valence-corrected chi connectivity index (χ3v) is 6.05. The Morgan fingerprint density at radius 2 is 1.24 bits per heavy atom. The molecule has 0 fully saturated rings. The molecule has 33 heavy (non-hydrogen) atoms. The van der Waals surface area contributed by atoms with Gasteiger partial charge in [-0.05, 0) is 24.3 Å². The molecule has 160 valence electrons. The molecule has 0 atom stereocenters. The molecular weight excluding hydrogens is 601 g/mol. The van der Waals surface area contributed by atoms with E-state index in [9.17, 15) is 0 Å². The molecule has 0 saturated carbocycles. The fourth-order valence-electron chi connectivity index (χ4n) is 3.48. The normalized spacial score (nSPS) is 11.2. The predicted octanol–water partition coefficient (Wildman–Crippen LogP) is 7.77. The van der Waals surface area contributed by atoms with Crippen molar-refractivity contribution in [2.45, 2.75) is 9.79 Å². The summed E-state index contributed by atoms with van der Waals surface area (Å²) in [6, 6.07) is 46.0. The second kappa shape index (κ2) is 11.1. The Morgan fingerprint density at radius 3 is 1.91 bits per heavy atom. The van der Waals surface area contributed by atoms with E-state index in [1.165, 1.54) is 9.79 Å². The number of pyridine rings is 1. The fourth-order valence-corrected chi connectivity index (χ4v) is 4.52. The summed E-state index contributed by atoms with van der Waals surface area (Å²) in [4.78, 5) is 9.11. The molecule has 0 N–H and O–H groups in total. The zero-order chi connectivity index (χ0) is 21.6. The second-order valence-electron chi connectivity index (χ2n) is 7.03. The third kappa shape index (κ3) is 5.26. The Labute approximate surface area is 212 Å². The van der Waals surface area contributed by atoms with Crippen molar-refractivity contribution in [1.82, 2.24) is 4.98 Å². The summed E-state index contributed by atoms with van der Waals surface area (Å²) in [7, 11) is 0. The van der Waals surface area contributed by atoms with Gasteiger partial charge in [0, 0.05) is 11.1 Å². The minimum absolute atomic E-state index is 0. The van der Waals surface area contributed by atoms with Gasteiger partial charge in [0.15, 0.2) is 0 Å². The first-order valence-electron chi connectivity index (χ1n) is 10.3. The Balaban J connectivity index is 0.000000172. The quantitative estimate of drug-likeness (QED) is 0.184. The average molecular weight is 620 g/mol. The standard InChI is InChI=1S/C17H11N2S.C12H8.Ir/c1-3-9-15-13(7-1)19(17-11-5-6-12-18-17)14-8-2-4-10-16(14)20-15;1-3-7-11(8-4-1)12-9-5-2-6-10-12;/h1-7,9-12H;1-7,9H;/q-1;-2;+3. The van der Waals surface area contributed by atoms with Crippen molar-refractivity contribution in [3.05, 3.63) is 134 Å². The van der Waals surface area contributed by atoms with E-state index in [0.717, 1.165) is 28.3 Å². The number of para-hydroxylation sites is 2. The molecule has 4 aromatic carbocycles. The molecule has 0 spiro atoms. The molecule has 4 heteroatoms. The number of hydrogen-bond acceptors (Lipinski definition) is 3. The number of aromatic nitrogens is 1. The van der Waals surface area contributed by atoms with Crippen molar-refractivity contribution in [2.75, 3.05) is 4.90 Å². The molecule has 5 aromatic rings. The monoisotopic (exact) mass is 620 g/mol. The molecule has 0 amide bonds. The van der Waals surface area contributed by atoms with Crippen LogP contribution in [0.4, 0.5) is 17.2 Å². The van der Waals surface area contributed by atoms with Crippen molar-refractivity contribution in [2.24, 2.45) is 0 Å². The van der Waals surface area contributed by atoms with E-state index < -0.39 is 0 Å². The van der Waals surface area contributed by atoms with E-state index in [2.05, 4.69) is 58.4 Å². The molecule has 2 heterocycles. The molecule has 2 nitrogen and oxygen atoms in total. The Kier molecular flexibility index (Phi) is 7.74. The topological polar surface area (TPSA) is 16.1 Å². The first-order valence-corrected chi connectivity index (χ1v) is 11.1. The number of fused-ring (bicyclic) bond motifs is 2. The van der Waals surface area contributed by atoms with Crippen LogP contribution in [-0.4, -0.2) is 4.98 Å². The van der Waals surface area contributed by atoms with Gasteiger partial charge in [-0.25, -0.2) is 16.1 Å². The maximum atomic E-state index is 4.50. The Morgan fingerprint density at radius 1 is 0.606 bits per heavy atom. The van der Waals surface area contributed by atoms with Crippen LogP contribution in [0.15, 0.2) is 125 Å². The molecule has 0 unspecified atom stereocenters. The van der Waals surface area contributed by atoms with Crippen LogP contribution in [-0.2, 0) is 20.1 Å². The van der Waals surface area contributed by atoms with Crippen LogP contribution in [0.1, 0.15) is 0 Å². The second-order valence-corrected chi connectivity index (χ2v) is 8.11. The minimum Gasteiger partial charge on any atom is -0.317 e. The number of nitrogens with zero attached hydrogens (tertiary/aromatic N) is 2. The molecule has 0 bridgehead atoms. The van der Waals surface area contributed by atoms with E-state index in [-0.39, 0.29) is 20.1 Å². The van der Waals surface area contributed by atoms with Gasteiger partial charge in [0.1, 0.15) is 5.82 Å². The van der Waals surface area contributed by atoms with Gasteiger partial charge >= 0.3 is 20.1 Å². The summed E-state index contributed by atoms with van der Waals surface area (Å²) in [6.07, 6.45) is 1.82. The Hall–Kier alpha value is -3.17. The predicted molar refractivity (Wildman–Crippen MR) is 131 cm³/mol. The van der Waals surface area contributed by atoms with E-state index in [0.29, 0.717) is 0 Å². The maximum Gasteiger partial charge on any atom is 3.00 e. The summed E-state index contributed by atoms with van der Waals surface area (Å²) in [5, 5.41) is 0. The van der Waals surface area contributed by atoms with Gasteiger partial charge in [-0.1, -0.05) is 28.8 Å². The van der Waals surface area contributed by atoms with Crippen LogP contribution in [0.3, 0.4) is 0 Å². The zero-order valence-electron chi connectivity index (χ0n) is 17.6. The van der Waals surface area contributed by atoms with E-state index in [1.54, 1.807) is 11.8 Å². The number of hydrogen-bond donors (Lipinski definition) is 0. The summed E-state index contributed by atoms with van der Waals surface area (Å²) in [6.45, 7) is 0. The number of benzene rings is 4. The molecular formula is C29H19IrN2S. The average Bonchev–Trinajstić information content (AvgIpc) is 2.89. The van der Waals surface area contributed by atoms with Gasteiger partial charge in [0.05, 0.1) is 5.69 Å². The third-order valence-electron chi connectivity index (χ3n) is 4.93. The summed E-state index contributed by atoms with van der Waals surface area (Å²) >= 11 is 1.78. The van der Waals surface area contributed by atoms with Gasteiger partial charge in [-0.3, -0.25) is 0 Å². The van der Waals surface area contributed by atoms with Crippen LogP contribution in [0.2, 0.25) is 0 Å². The van der Waals surface area contributed by atoms with Crippen LogP contribution in [0, 0.1) is 18.2 Å². The molecule has 0 saturated heterocycles. The SMILES string of the molecule is [Ir+3].[c-]1cccc2c1N(c1ccccn1)c1ccccc1S2.[c-]1ccccc1-c1[c-]cccc1. The summed E-state index contributed by atoms with van der Waals surface area (Å²) in [5.41, 5.74) is 4.41. The van der Waals surface area contributed by atoms with Crippen LogP contribution in [0.5, 0.6) is 0 Å². The molecule has 1 aliphatic rings. The van der Waals surface area contributed by atoms with Gasteiger partial charge in [0.2, 0.25) is 0 Å². The van der Waals surface area contributed by atoms with Crippen molar-refractivity contribution < 1.29 is 20.1 Å². The molecule has 1 aliphatic heterocycles. The zero-order valence-corrected chi connectivity index (χ0v) is 20.8. The maximum absolute atomic E-state index is 4.50. The van der Waals surface area contributed by atoms with Gasteiger partial charge in [-0.15, -0.1) is 12.1 Å². The largest absolute Gasteiger partial charge is 3.00 e. The van der Waals surface area contributed by atoms with Crippen molar-refractivity contribution in [1.29, 1.82) is 0 Å².